The molecule has 1 aromatic heterocycles. The summed E-state index contributed by atoms with van der Waals surface area (Å²) >= 11 is 5.57. The molecule has 0 aliphatic carbocycles. The maximum absolute atomic E-state index is 11.5. The lowest BCUT2D eigenvalue weighted by molar-refractivity contribution is 0.449. The fourth-order valence-corrected chi connectivity index (χ4v) is 1.36. The number of ether oxygens (including phenoxy) is 1. The van der Waals surface area contributed by atoms with Crippen molar-refractivity contribution in [3.8, 4) is 24.0 Å². The lowest BCUT2D eigenvalue weighted by Crippen LogP contribution is -2.07. The molecule has 0 aliphatic heterocycles. The van der Waals surface area contributed by atoms with Crippen molar-refractivity contribution in [2.75, 3.05) is 0 Å². The van der Waals surface area contributed by atoms with Crippen LogP contribution in [0.4, 0.5) is 0 Å². The average molecular weight is 247 g/mol. The van der Waals surface area contributed by atoms with E-state index in [2.05, 4.69) is 16.1 Å². The van der Waals surface area contributed by atoms with Crippen molar-refractivity contribution in [3.63, 3.8) is 0 Å². The Morgan fingerprint density at radius 1 is 1.41 bits per heavy atom. The van der Waals surface area contributed by atoms with Crippen LogP contribution >= 0.6 is 11.6 Å². The third kappa shape index (κ3) is 2.47. The van der Waals surface area contributed by atoms with E-state index < -0.39 is 5.43 Å². The predicted octanol–water partition coefficient (Wildman–Crippen LogP) is 2.20. The molecule has 2 aromatic rings. The highest BCUT2D eigenvalue weighted by atomic mass is 35.5. The smallest absolute Gasteiger partial charge is 0.285 e. The second-order valence-corrected chi connectivity index (χ2v) is 3.54. The molecule has 1 aromatic carbocycles. The molecule has 1 N–H and O–H groups in total. The molecule has 0 radical (unpaired) electrons. The first-order valence-corrected chi connectivity index (χ1v) is 5.07. The molecule has 0 atom stereocenters. The minimum Gasteiger partial charge on any atom is -0.433 e. The molecule has 0 unspecified atom stereocenters. The highest BCUT2D eigenvalue weighted by Gasteiger charge is 2.07. The normalized spacial score (nSPS) is 9.65. The third-order valence-corrected chi connectivity index (χ3v) is 2.18. The highest BCUT2D eigenvalue weighted by molar-refractivity contribution is 6.29. The Labute approximate surface area is 102 Å². The van der Waals surface area contributed by atoms with Gasteiger partial charge in [0.15, 0.2) is 0 Å². The molecular formula is C12H7ClN2O2. The van der Waals surface area contributed by atoms with E-state index in [0.717, 1.165) is 0 Å². The number of hydrogen-bond acceptors (Lipinski definition) is 3. The summed E-state index contributed by atoms with van der Waals surface area (Å²) in [5.41, 5.74) is 0.129. The van der Waals surface area contributed by atoms with Gasteiger partial charge in [0.25, 0.3) is 5.88 Å². The van der Waals surface area contributed by atoms with Crippen LogP contribution in [0.2, 0.25) is 5.15 Å². The maximum atomic E-state index is 11.5. The first kappa shape index (κ1) is 11.2. The summed E-state index contributed by atoms with van der Waals surface area (Å²) in [4.78, 5) is 11.5. The van der Waals surface area contributed by atoms with E-state index in [1.165, 1.54) is 6.07 Å². The van der Waals surface area contributed by atoms with E-state index in [4.69, 9.17) is 22.8 Å². The van der Waals surface area contributed by atoms with E-state index in [9.17, 15) is 4.79 Å². The van der Waals surface area contributed by atoms with Crippen LogP contribution in [-0.2, 0) is 0 Å². The number of benzene rings is 1. The number of nitrogens with one attached hydrogen (secondary N) is 1. The molecule has 17 heavy (non-hydrogen) atoms. The molecular weight excluding hydrogens is 240 g/mol. The Morgan fingerprint density at radius 3 is 2.88 bits per heavy atom. The van der Waals surface area contributed by atoms with Gasteiger partial charge in [-0.1, -0.05) is 29.7 Å². The molecule has 0 bridgehead atoms. The minimum atomic E-state index is -0.416. The zero-order valence-electron chi connectivity index (χ0n) is 8.61. The summed E-state index contributed by atoms with van der Waals surface area (Å²) < 4.78 is 5.33. The van der Waals surface area contributed by atoms with Crippen molar-refractivity contribution in [3.05, 3.63) is 51.3 Å². The largest absolute Gasteiger partial charge is 0.433 e. The topological polar surface area (TPSA) is 55.0 Å². The van der Waals surface area contributed by atoms with Crippen LogP contribution in [0, 0.1) is 12.3 Å². The molecule has 2 rings (SSSR count). The Bertz CT molecular complexity index is 643. The summed E-state index contributed by atoms with van der Waals surface area (Å²) in [5.74, 6) is 2.75. The van der Waals surface area contributed by atoms with Crippen LogP contribution in [0.5, 0.6) is 11.6 Å². The zero-order chi connectivity index (χ0) is 12.3. The van der Waals surface area contributed by atoms with Crippen LogP contribution in [-0.4, -0.2) is 10.2 Å². The molecule has 4 nitrogen and oxygen atoms in total. The second kappa shape index (κ2) is 4.73. The quantitative estimate of drug-likeness (QED) is 0.827. The Kier molecular flexibility index (Phi) is 3.12. The molecule has 0 amide bonds. The zero-order valence-corrected chi connectivity index (χ0v) is 9.36. The van der Waals surface area contributed by atoms with Crippen LogP contribution < -0.4 is 10.2 Å². The van der Waals surface area contributed by atoms with Crippen LogP contribution in [0.3, 0.4) is 0 Å². The number of halogens is 1. The van der Waals surface area contributed by atoms with Crippen LogP contribution in [0.25, 0.3) is 0 Å². The molecule has 84 valence electrons. The summed E-state index contributed by atoms with van der Waals surface area (Å²) in [6.07, 6.45) is 5.31. The van der Waals surface area contributed by atoms with Crippen molar-refractivity contribution >= 4 is 11.6 Å². The van der Waals surface area contributed by atoms with E-state index in [0.29, 0.717) is 11.3 Å². The molecule has 0 saturated heterocycles. The number of H-pyrrole nitrogens is 1. The van der Waals surface area contributed by atoms with Crippen molar-refractivity contribution in [2.24, 2.45) is 0 Å². The fourth-order valence-electron chi connectivity index (χ4n) is 1.22. The minimum absolute atomic E-state index is 0.0999. The van der Waals surface area contributed by atoms with Gasteiger partial charge in [-0.15, -0.1) is 11.5 Å². The van der Waals surface area contributed by atoms with Gasteiger partial charge >= 0.3 is 0 Å². The van der Waals surface area contributed by atoms with Crippen LogP contribution in [0.1, 0.15) is 5.56 Å². The lowest BCUT2D eigenvalue weighted by atomic mass is 10.2. The van der Waals surface area contributed by atoms with Crippen molar-refractivity contribution in [1.29, 1.82) is 0 Å². The Morgan fingerprint density at radius 2 is 2.18 bits per heavy atom. The van der Waals surface area contributed by atoms with E-state index in [1.807, 2.05) is 0 Å². The number of nitrogens with zero attached hydrogens (tertiary/aromatic N) is 1. The van der Waals surface area contributed by atoms with Gasteiger partial charge in [0, 0.05) is 6.07 Å². The molecule has 0 saturated carbocycles. The predicted molar refractivity (Wildman–Crippen MR) is 64.3 cm³/mol. The van der Waals surface area contributed by atoms with E-state index >= 15 is 0 Å². The molecule has 0 aliphatic rings. The average Bonchev–Trinajstić information content (AvgIpc) is 2.33. The van der Waals surface area contributed by atoms with Gasteiger partial charge in [-0.25, -0.2) is 0 Å². The number of terminal acetylenes is 1. The molecule has 0 fully saturated rings. The van der Waals surface area contributed by atoms with Gasteiger partial charge in [0.2, 0.25) is 5.43 Å². The van der Waals surface area contributed by atoms with E-state index in [1.54, 1.807) is 24.3 Å². The number of hydrogen-bond donors (Lipinski definition) is 1. The van der Waals surface area contributed by atoms with E-state index in [-0.39, 0.29) is 11.0 Å². The summed E-state index contributed by atoms with van der Waals surface area (Å²) in [6, 6.07) is 8.08. The van der Waals surface area contributed by atoms with Crippen molar-refractivity contribution in [1.82, 2.24) is 10.2 Å². The monoisotopic (exact) mass is 246 g/mol. The summed E-state index contributed by atoms with van der Waals surface area (Å²) in [6.45, 7) is 0. The first-order valence-electron chi connectivity index (χ1n) is 4.69. The molecule has 1 heterocycles. The SMILES string of the molecule is C#Cc1ccccc1Oc1n[nH]c(Cl)cc1=O. The van der Waals surface area contributed by atoms with Gasteiger partial charge in [0.05, 0.1) is 5.56 Å². The maximum Gasteiger partial charge on any atom is 0.285 e. The molecule has 0 spiro atoms. The highest BCUT2D eigenvalue weighted by Crippen LogP contribution is 2.20. The lowest BCUT2D eigenvalue weighted by Gasteiger charge is -2.05. The van der Waals surface area contributed by atoms with Gasteiger partial charge in [-0.3, -0.25) is 9.89 Å². The Balaban J connectivity index is 2.39. The van der Waals surface area contributed by atoms with Gasteiger partial charge in [-0.05, 0) is 12.1 Å². The number of rotatable bonds is 2. The number of aromatic amines is 1. The number of para-hydroxylation sites is 1. The number of aromatic nitrogens is 2. The van der Waals surface area contributed by atoms with Crippen LogP contribution in [0.15, 0.2) is 35.1 Å². The molecule has 5 heteroatoms. The third-order valence-electron chi connectivity index (χ3n) is 1.98. The summed E-state index contributed by atoms with van der Waals surface area (Å²) in [7, 11) is 0. The fraction of sp³-hybridized carbons (Fsp3) is 0. The van der Waals surface area contributed by atoms with Crippen molar-refractivity contribution in [2.45, 2.75) is 0 Å². The van der Waals surface area contributed by atoms with Gasteiger partial charge in [-0.2, -0.15) is 0 Å². The van der Waals surface area contributed by atoms with Gasteiger partial charge < -0.3 is 4.74 Å². The summed E-state index contributed by atoms with van der Waals surface area (Å²) in [5, 5.41) is 6.27. The standard InChI is InChI=1S/C12H7ClN2O2/c1-2-8-5-3-4-6-10(8)17-12-9(16)7-11(13)14-15-12/h1,3-7H,(H,14,16). The Hall–Kier alpha value is -2.25. The first-order chi connectivity index (χ1) is 8.20. The van der Waals surface area contributed by atoms with Crippen molar-refractivity contribution < 1.29 is 4.74 Å². The van der Waals surface area contributed by atoms with Gasteiger partial charge in [0.1, 0.15) is 10.9 Å². The second-order valence-electron chi connectivity index (χ2n) is 3.13.